The maximum Gasteiger partial charge on any atom is 0.344 e. The Morgan fingerprint density at radius 3 is 2.73 bits per heavy atom. The molecule has 5 heteroatoms. The number of fused-ring (bicyclic) bond motifs is 1. The Balaban J connectivity index is 1.91. The van der Waals surface area contributed by atoms with Gasteiger partial charge in [-0.3, -0.25) is 4.79 Å². The van der Waals surface area contributed by atoms with Crippen LogP contribution in [0.4, 0.5) is 0 Å². The van der Waals surface area contributed by atoms with Gasteiger partial charge < -0.3 is 9.30 Å². The van der Waals surface area contributed by atoms with Gasteiger partial charge in [0.25, 0.3) is 0 Å². The SMILES string of the molecule is Cn1cc(C(=O)OCc2ccccc2)c(=O)c2cccnc21. The lowest BCUT2D eigenvalue weighted by Gasteiger charge is -2.08. The number of esters is 1. The zero-order valence-electron chi connectivity index (χ0n) is 12.0. The van der Waals surface area contributed by atoms with Gasteiger partial charge in [0.05, 0.1) is 5.39 Å². The number of hydrogen-bond acceptors (Lipinski definition) is 4. The Labute approximate surface area is 126 Å². The monoisotopic (exact) mass is 294 g/mol. The number of rotatable bonds is 3. The second-order valence-electron chi connectivity index (χ2n) is 4.92. The number of pyridine rings is 2. The molecule has 0 unspecified atom stereocenters. The molecule has 3 rings (SSSR count). The fourth-order valence-corrected chi connectivity index (χ4v) is 2.26. The van der Waals surface area contributed by atoms with Gasteiger partial charge in [0.1, 0.15) is 17.8 Å². The van der Waals surface area contributed by atoms with E-state index in [1.54, 1.807) is 29.9 Å². The highest BCUT2D eigenvalue weighted by Gasteiger charge is 2.16. The Kier molecular flexibility index (Phi) is 3.70. The first-order valence-corrected chi connectivity index (χ1v) is 6.82. The minimum absolute atomic E-state index is 0.0129. The molecule has 0 aliphatic rings. The lowest BCUT2D eigenvalue weighted by molar-refractivity contribution is 0.0470. The van der Waals surface area contributed by atoms with Crippen LogP contribution < -0.4 is 5.43 Å². The maximum absolute atomic E-state index is 12.4. The predicted molar refractivity (Wildman–Crippen MR) is 82.5 cm³/mol. The number of aromatic nitrogens is 2. The van der Waals surface area contributed by atoms with E-state index < -0.39 is 5.97 Å². The molecule has 0 aliphatic heterocycles. The van der Waals surface area contributed by atoms with Crippen molar-refractivity contribution in [3.63, 3.8) is 0 Å². The molecule has 0 N–H and O–H groups in total. The Morgan fingerprint density at radius 1 is 1.18 bits per heavy atom. The number of carbonyl (C=O) groups excluding carboxylic acids is 1. The van der Waals surface area contributed by atoms with Gasteiger partial charge in [0, 0.05) is 19.4 Å². The molecule has 2 aromatic heterocycles. The first-order valence-electron chi connectivity index (χ1n) is 6.82. The Hall–Kier alpha value is -2.95. The summed E-state index contributed by atoms with van der Waals surface area (Å²) in [4.78, 5) is 28.7. The van der Waals surface area contributed by atoms with E-state index in [0.29, 0.717) is 11.0 Å². The highest BCUT2D eigenvalue weighted by Crippen LogP contribution is 2.09. The first-order chi connectivity index (χ1) is 10.7. The normalized spacial score (nSPS) is 10.6. The number of ether oxygens (including phenoxy) is 1. The molecule has 0 saturated heterocycles. The summed E-state index contributed by atoms with van der Waals surface area (Å²) in [6.45, 7) is 0.133. The third-order valence-corrected chi connectivity index (χ3v) is 3.37. The average Bonchev–Trinajstić information content (AvgIpc) is 2.57. The molecule has 110 valence electrons. The van der Waals surface area contributed by atoms with Crippen LogP contribution in [0.2, 0.25) is 0 Å². The van der Waals surface area contributed by atoms with Gasteiger partial charge in [-0.1, -0.05) is 30.3 Å². The van der Waals surface area contributed by atoms with Crippen molar-refractivity contribution in [3.05, 3.63) is 76.2 Å². The molecule has 0 radical (unpaired) electrons. The van der Waals surface area contributed by atoms with Crippen molar-refractivity contribution in [1.29, 1.82) is 0 Å². The van der Waals surface area contributed by atoms with Crippen LogP contribution in [0.1, 0.15) is 15.9 Å². The third-order valence-electron chi connectivity index (χ3n) is 3.37. The lowest BCUT2D eigenvalue weighted by atomic mass is 10.2. The molecule has 22 heavy (non-hydrogen) atoms. The van der Waals surface area contributed by atoms with Crippen LogP contribution in [0.25, 0.3) is 11.0 Å². The highest BCUT2D eigenvalue weighted by atomic mass is 16.5. The molecule has 0 fully saturated rings. The molecular formula is C17H14N2O3. The van der Waals surface area contributed by atoms with Crippen LogP contribution in [-0.4, -0.2) is 15.5 Å². The van der Waals surface area contributed by atoms with Crippen LogP contribution in [0.15, 0.2) is 59.7 Å². The molecule has 0 spiro atoms. The Morgan fingerprint density at radius 2 is 1.95 bits per heavy atom. The summed E-state index contributed by atoms with van der Waals surface area (Å²) >= 11 is 0. The quantitative estimate of drug-likeness (QED) is 0.695. The molecule has 1 aromatic carbocycles. The van der Waals surface area contributed by atoms with Crippen LogP contribution in [0.3, 0.4) is 0 Å². The summed E-state index contributed by atoms with van der Waals surface area (Å²) in [6, 6.07) is 12.7. The Bertz CT molecular complexity index is 885. The summed E-state index contributed by atoms with van der Waals surface area (Å²) in [7, 11) is 1.74. The van der Waals surface area contributed by atoms with Crippen molar-refractivity contribution < 1.29 is 9.53 Å². The molecule has 0 aliphatic carbocycles. The van der Waals surface area contributed by atoms with Crippen molar-refractivity contribution >= 4 is 17.0 Å². The van der Waals surface area contributed by atoms with Crippen LogP contribution in [-0.2, 0) is 18.4 Å². The first kappa shape index (κ1) is 14.0. The topological polar surface area (TPSA) is 61.2 Å². The maximum atomic E-state index is 12.4. The molecule has 2 heterocycles. The van der Waals surface area contributed by atoms with Crippen LogP contribution in [0, 0.1) is 0 Å². The van der Waals surface area contributed by atoms with Crippen LogP contribution >= 0.6 is 0 Å². The molecule has 5 nitrogen and oxygen atoms in total. The van der Waals surface area contributed by atoms with Crippen molar-refractivity contribution in [1.82, 2.24) is 9.55 Å². The van der Waals surface area contributed by atoms with E-state index in [1.807, 2.05) is 30.3 Å². The molecule has 0 amide bonds. The lowest BCUT2D eigenvalue weighted by Crippen LogP contribution is -2.20. The second-order valence-corrected chi connectivity index (χ2v) is 4.92. The average molecular weight is 294 g/mol. The smallest absolute Gasteiger partial charge is 0.344 e. The van der Waals surface area contributed by atoms with Gasteiger partial charge in [-0.05, 0) is 17.7 Å². The summed E-state index contributed by atoms with van der Waals surface area (Å²) in [5.41, 5.74) is 1.06. The second kappa shape index (κ2) is 5.81. The van der Waals surface area contributed by atoms with Gasteiger partial charge in [-0.2, -0.15) is 0 Å². The minimum Gasteiger partial charge on any atom is -0.457 e. The van der Waals surface area contributed by atoms with Crippen molar-refractivity contribution in [3.8, 4) is 0 Å². The summed E-state index contributed by atoms with van der Waals surface area (Å²) in [6.07, 6.45) is 3.07. The van der Waals surface area contributed by atoms with Crippen LogP contribution in [0.5, 0.6) is 0 Å². The zero-order valence-corrected chi connectivity index (χ0v) is 12.0. The highest BCUT2D eigenvalue weighted by molar-refractivity contribution is 5.92. The molecule has 0 atom stereocenters. The molecule has 3 aromatic rings. The van der Waals surface area contributed by atoms with Gasteiger partial charge in [-0.15, -0.1) is 0 Å². The zero-order chi connectivity index (χ0) is 15.5. The summed E-state index contributed by atoms with van der Waals surface area (Å²) in [5, 5.41) is 0.402. The fraction of sp³-hybridized carbons (Fsp3) is 0.118. The van der Waals surface area contributed by atoms with Gasteiger partial charge in [0.15, 0.2) is 0 Å². The summed E-state index contributed by atoms with van der Waals surface area (Å²) in [5.74, 6) is -0.629. The minimum atomic E-state index is -0.629. The van der Waals surface area contributed by atoms with E-state index in [9.17, 15) is 9.59 Å². The molecule has 0 bridgehead atoms. The van der Waals surface area contributed by atoms with E-state index >= 15 is 0 Å². The van der Waals surface area contributed by atoms with Gasteiger partial charge in [-0.25, -0.2) is 9.78 Å². The van der Waals surface area contributed by atoms with E-state index in [0.717, 1.165) is 5.56 Å². The van der Waals surface area contributed by atoms with E-state index in [2.05, 4.69) is 4.98 Å². The van der Waals surface area contributed by atoms with E-state index in [-0.39, 0.29) is 17.6 Å². The largest absolute Gasteiger partial charge is 0.457 e. The number of hydrogen-bond donors (Lipinski definition) is 0. The number of benzene rings is 1. The summed E-state index contributed by atoms with van der Waals surface area (Å²) < 4.78 is 6.87. The van der Waals surface area contributed by atoms with Gasteiger partial charge in [0.2, 0.25) is 5.43 Å². The number of carbonyl (C=O) groups is 1. The standard InChI is InChI=1S/C17H14N2O3/c1-19-10-14(15(20)13-8-5-9-18-16(13)19)17(21)22-11-12-6-3-2-4-7-12/h2-10H,11H2,1H3. The van der Waals surface area contributed by atoms with Crippen molar-refractivity contribution in [2.24, 2.45) is 7.05 Å². The third kappa shape index (κ3) is 2.61. The number of aryl methyl sites for hydroxylation is 1. The molecular weight excluding hydrogens is 280 g/mol. The van der Waals surface area contributed by atoms with Crippen molar-refractivity contribution in [2.45, 2.75) is 6.61 Å². The van der Waals surface area contributed by atoms with Crippen molar-refractivity contribution in [2.75, 3.05) is 0 Å². The number of nitrogens with zero attached hydrogens (tertiary/aromatic N) is 2. The van der Waals surface area contributed by atoms with Gasteiger partial charge >= 0.3 is 5.97 Å². The fourth-order valence-electron chi connectivity index (χ4n) is 2.26. The molecule has 0 saturated carbocycles. The van der Waals surface area contributed by atoms with E-state index in [4.69, 9.17) is 4.74 Å². The predicted octanol–water partition coefficient (Wildman–Crippen LogP) is 2.29. The van der Waals surface area contributed by atoms with E-state index in [1.165, 1.54) is 6.20 Å².